The molecule has 1 N–H and O–H groups in total. The van der Waals surface area contributed by atoms with Gasteiger partial charge in [-0.1, -0.05) is 18.7 Å². The van der Waals surface area contributed by atoms with Gasteiger partial charge < -0.3 is 10.1 Å². The lowest BCUT2D eigenvalue weighted by atomic mass is 10.2. The van der Waals surface area contributed by atoms with Gasteiger partial charge in [-0.05, 0) is 37.1 Å². The number of nitrogens with one attached hydrogen (secondary N) is 1. The number of benzene rings is 1. The second-order valence-corrected chi connectivity index (χ2v) is 5.12. The molecule has 2 rings (SSSR count). The average Bonchev–Trinajstić information content (AvgIpc) is 2.79. The third kappa shape index (κ3) is 2.94. The Morgan fingerprint density at radius 1 is 1.53 bits per heavy atom. The SMILES string of the molecule is CCC1CSC(Nc2ccc(OC)cc2C)=N1. The molecule has 3 nitrogen and oxygen atoms in total. The van der Waals surface area contributed by atoms with Crippen LogP contribution in [0.5, 0.6) is 5.75 Å². The number of aliphatic imine (C=N–C) groups is 1. The molecule has 4 heteroatoms. The maximum absolute atomic E-state index is 5.19. The summed E-state index contributed by atoms with van der Waals surface area (Å²) >= 11 is 1.80. The molecule has 0 fully saturated rings. The molecule has 92 valence electrons. The lowest BCUT2D eigenvalue weighted by molar-refractivity contribution is 0.414. The molecule has 0 aromatic heterocycles. The van der Waals surface area contributed by atoms with Crippen LogP contribution in [0.3, 0.4) is 0 Å². The first kappa shape index (κ1) is 12.3. The Morgan fingerprint density at radius 3 is 2.94 bits per heavy atom. The first-order valence-corrected chi connectivity index (χ1v) is 6.83. The van der Waals surface area contributed by atoms with Crippen molar-refractivity contribution in [1.82, 2.24) is 0 Å². The summed E-state index contributed by atoms with van der Waals surface area (Å²) in [5, 5.41) is 4.41. The number of ether oxygens (including phenoxy) is 1. The molecule has 0 saturated heterocycles. The van der Waals surface area contributed by atoms with E-state index >= 15 is 0 Å². The molecule has 1 heterocycles. The highest BCUT2D eigenvalue weighted by atomic mass is 32.2. The van der Waals surface area contributed by atoms with Crippen LogP contribution < -0.4 is 10.1 Å². The van der Waals surface area contributed by atoms with Gasteiger partial charge in [-0.2, -0.15) is 0 Å². The van der Waals surface area contributed by atoms with E-state index in [1.807, 2.05) is 18.2 Å². The van der Waals surface area contributed by atoms with Crippen molar-refractivity contribution in [2.24, 2.45) is 4.99 Å². The average molecular weight is 250 g/mol. The molecule has 0 radical (unpaired) electrons. The van der Waals surface area contributed by atoms with Gasteiger partial charge in [-0.3, -0.25) is 4.99 Å². The largest absolute Gasteiger partial charge is 0.497 e. The van der Waals surface area contributed by atoms with Crippen LogP contribution in [-0.4, -0.2) is 24.1 Å². The lowest BCUT2D eigenvalue weighted by Crippen LogP contribution is -2.06. The molecular formula is C13H18N2OS. The third-order valence-electron chi connectivity index (χ3n) is 2.86. The van der Waals surface area contributed by atoms with E-state index in [2.05, 4.69) is 24.2 Å². The maximum Gasteiger partial charge on any atom is 0.161 e. The summed E-state index contributed by atoms with van der Waals surface area (Å²) in [6, 6.07) is 6.50. The first-order valence-electron chi connectivity index (χ1n) is 5.85. The van der Waals surface area contributed by atoms with Crippen LogP contribution in [0.15, 0.2) is 23.2 Å². The van der Waals surface area contributed by atoms with Crippen LogP contribution in [0.1, 0.15) is 18.9 Å². The monoisotopic (exact) mass is 250 g/mol. The van der Waals surface area contributed by atoms with Crippen molar-refractivity contribution in [3.63, 3.8) is 0 Å². The lowest BCUT2D eigenvalue weighted by Gasteiger charge is -2.09. The van der Waals surface area contributed by atoms with Crippen LogP contribution in [-0.2, 0) is 0 Å². The van der Waals surface area contributed by atoms with E-state index in [0.29, 0.717) is 6.04 Å². The van der Waals surface area contributed by atoms with Gasteiger partial charge in [0.05, 0.1) is 13.2 Å². The highest BCUT2D eigenvalue weighted by molar-refractivity contribution is 8.14. The Balaban J connectivity index is 2.09. The summed E-state index contributed by atoms with van der Waals surface area (Å²) in [5.41, 5.74) is 2.28. The predicted molar refractivity (Wildman–Crippen MR) is 75.3 cm³/mol. The summed E-state index contributed by atoms with van der Waals surface area (Å²) < 4.78 is 5.19. The van der Waals surface area contributed by atoms with Crippen molar-refractivity contribution in [1.29, 1.82) is 0 Å². The Bertz CT molecular complexity index is 431. The van der Waals surface area contributed by atoms with E-state index in [1.165, 1.54) is 5.56 Å². The molecule has 0 spiro atoms. The number of anilines is 1. The number of aryl methyl sites for hydroxylation is 1. The van der Waals surface area contributed by atoms with Gasteiger partial charge >= 0.3 is 0 Å². The topological polar surface area (TPSA) is 33.6 Å². The molecule has 1 aliphatic rings. The van der Waals surface area contributed by atoms with Crippen LogP contribution >= 0.6 is 11.8 Å². The van der Waals surface area contributed by atoms with Crippen LogP contribution in [0.4, 0.5) is 5.69 Å². The number of hydrogen-bond acceptors (Lipinski definition) is 4. The summed E-state index contributed by atoms with van der Waals surface area (Å²) in [5.74, 6) is 1.98. The second-order valence-electron chi connectivity index (χ2n) is 4.11. The fourth-order valence-corrected chi connectivity index (χ4v) is 2.78. The molecule has 1 unspecified atom stereocenters. The normalized spacial score (nSPS) is 19.0. The van der Waals surface area contributed by atoms with Gasteiger partial charge in [0.1, 0.15) is 5.75 Å². The Hall–Kier alpha value is -1.16. The van der Waals surface area contributed by atoms with Gasteiger partial charge in [-0.25, -0.2) is 0 Å². The van der Waals surface area contributed by atoms with Gasteiger partial charge in [0.2, 0.25) is 0 Å². The molecule has 1 aliphatic heterocycles. The summed E-state index contributed by atoms with van der Waals surface area (Å²) in [6.07, 6.45) is 1.11. The van der Waals surface area contributed by atoms with Crippen LogP contribution in [0.2, 0.25) is 0 Å². The summed E-state index contributed by atoms with van der Waals surface area (Å²) in [4.78, 5) is 4.62. The van der Waals surface area contributed by atoms with Crippen molar-refractivity contribution in [3.05, 3.63) is 23.8 Å². The summed E-state index contributed by atoms with van der Waals surface area (Å²) in [6.45, 7) is 4.25. The van der Waals surface area contributed by atoms with E-state index in [1.54, 1.807) is 18.9 Å². The van der Waals surface area contributed by atoms with Gasteiger partial charge in [-0.15, -0.1) is 0 Å². The quantitative estimate of drug-likeness (QED) is 0.893. The van der Waals surface area contributed by atoms with E-state index in [9.17, 15) is 0 Å². The van der Waals surface area contributed by atoms with Crippen molar-refractivity contribution in [2.75, 3.05) is 18.2 Å². The minimum Gasteiger partial charge on any atom is -0.497 e. The highest BCUT2D eigenvalue weighted by Crippen LogP contribution is 2.25. The molecule has 0 aliphatic carbocycles. The van der Waals surface area contributed by atoms with E-state index in [0.717, 1.165) is 28.8 Å². The molecule has 1 aromatic rings. The van der Waals surface area contributed by atoms with Gasteiger partial charge in [0.25, 0.3) is 0 Å². The predicted octanol–water partition coefficient (Wildman–Crippen LogP) is 3.30. The number of methoxy groups -OCH3 is 1. The molecular weight excluding hydrogens is 232 g/mol. The zero-order valence-corrected chi connectivity index (χ0v) is 11.3. The van der Waals surface area contributed by atoms with E-state index in [4.69, 9.17) is 4.74 Å². The Labute approximate surface area is 107 Å². The minimum atomic E-state index is 0.473. The van der Waals surface area contributed by atoms with Crippen molar-refractivity contribution >= 4 is 22.6 Å². The van der Waals surface area contributed by atoms with E-state index < -0.39 is 0 Å². The van der Waals surface area contributed by atoms with Crippen molar-refractivity contribution in [2.45, 2.75) is 26.3 Å². The fourth-order valence-electron chi connectivity index (χ4n) is 1.71. The van der Waals surface area contributed by atoms with Crippen LogP contribution in [0.25, 0.3) is 0 Å². The first-order chi connectivity index (χ1) is 8.22. The third-order valence-corrected chi connectivity index (χ3v) is 3.89. The Morgan fingerprint density at radius 2 is 2.35 bits per heavy atom. The maximum atomic E-state index is 5.19. The minimum absolute atomic E-state index is 0.473. The number of thioether (sulfide) groups is 1. The second kappa shape index (κ2) is 5.45. The molecule has 0 bridgehead atoms. The number of nitrogens with zero attached hydrogens (tertiary/aromatic N) is 1. The van der Waals surface area contributed by atoms with Crippen LogP contribution in [0, 0.1) is 6.92 Å². The number of hydrogen-bond donors (Lipinski definition) is 1. The molecule has 0 amide bonds. The standard InChI is InChI=1S/C13H18N2OS/c1-4-10-8-17-13(14-10)15-12-6-5-11(16-3)7-9(12)2/h5-7,10H,4,8H2,1-3H3,(H,14,15). The molecule has 17 heavy (non-hydrogen) atoms. The van der Waals surface area contributed by atoms with Crippen molar-refractivity contribution in [3.8, 4) is 5.75 Å². The van der Waals surface area contributed by atoms with Gasteiger partial charge in [0, 0.05) is 11.4 Å². The highest BCUT2D eigenvalue weighted by Gasteiger charge is 2.16. The van der Waals surface area contributed by atoms with E-state index in [-0.39, 0.29) is 0 Å². The number of amidine groups is 1. The Kier molecular flexibility index (Phi) is 3.94. The zero-order valence-electron chi connectivity index (χ0n) is 10.5. The number of rotatable bonds is 3. The smallest absolute Gasteiger partial charge is 0.161 e. The molecule has 1 aromatic carbocycles. The summed E-state index contributed by atoms with van der Waals surface area (Å²) in [7, 11) is 1.69. The zero-order chi connectivity index (χ0) is 12.3. The van der Waals surface area contributed by atoms with Crippen molar-refractivity contribution < 1.29 is 4.74 Å². The van der Waals surface area contributed by atoms with Gasteiger partial charge in [0.15, 0.2) is 5.17 Å². The molecule has 1 atom stereocenters. The fraction of sp³-hybridized carbons (Fsp3) is 0.462. The molecule has 0 saturated carbocycles.